The molecular weight excluding hydrogens is 1420 g/mol. The molecule has 0 fully saturated rings. The Hall–Kier alpha value is 4.39. The first kappa shape index (κ1) is 102. The second-order valence-electron chi connectivity index (χ2n) is 23.5. The van der Waals surface area contributed by atoms with Gasteiger partial charge in [-0.1, -0.05) is 312 Å². The molecule has 0 aliphatic carbocycles. The molecule has 0 aliphatic heterocycles. The zero-order valence-corrected chi connectivity index (χ0v) is 71.4. The fraction of sp³-hybridized carbons (Fsp3) is 1.00. The van der Waals surface area contributed by atoms with Crippen molar-refractivity contribution in [2.75, 3.05) is 52.9 Å². The SMILES string of the molecule is CCCCC(CC)COP(=S)([S-])OCC(CC)CCCC.CCCCC(CC)COP(=S)([S-])OCC(CC)CCCC.CCCCC(CC)COP(=S)([S-])OCC(CC)CCCC.CCCCC(CC)COP(=S)([S-])OCC(CC)CCCC.O=S.[Mo+4]. The van der Waals surface area contributed by atoms with Gasteiger partial charge in [-0.3, -0.25) is 0 Å². The van der Waals surface area contributed by atoms with Gasteiger partial charge >= 0.3 is 21.1 Å². The van der Waals surface area contributed by atoms with Gasteiger partial charge in [0.2, 0.25) is 0 Å². The van der Waals surface area contributed by atoms with Crippen LogP contribution in [0.2, 0.25) is 0 Å². The fourth-order valence-corrected chi connectivity index (χ4v) is 15.3. The van der Waals surface area contributed by atoms with Crippen molar-refractivity contribution in [2.45, 2.75) is 316 Å². The van der Waals surface area contributed by atoms with E-state index in [-0.39, 0.29) is 21.1 Å². The van der Waals surface area contributed by atoms with Crippen LogP contribution in [-0.2, 0) is 166 Å². The summed E-state index contributed by atoms with van der Waals surface area (Å²) in [4.78, 5) is 0. The molecule has 0 aromatic heterocycles. The Balaban J connectivity index is -0.000000248. The van der Waals surface area contributed by atoms with Gasteiger partial charge in [0.1, 0.15) is 0 Å². The van der Waals surface area contributed by atoms with Gasteiger partial charge in [-0.25, -0.2) is 0 Å². The Kier molecular flexibility index (Phi) is 84.4. The van der Waals surface area contributed by atoms with Crippen LogP contribution in [0.1, 0.15) is 316 Å². The number of unbranched alkanes of at least 4 members (excludes halogenated alkanes) is 8. The van der Waals surface area contributed by atoms with Crippen molar-refractivity contribution in [1.29, 1.82) is 0 Å². The van der Waals surface area contributed by atoms with Gasteiger partial charge < -0.3 is 85.2 Å². The van der Waals surface area contributed by atoms with Crippen LogP contribution >= 0.6 is 22.8 Å². The smallest absolute Gasteiger partial charge is 0.691 e. The van der Waals surface area contributed by atoms with E-state index in [2.05, 4.69) is 123 Å². The Morgan fingerprint density at radius 2 is 0.333 bits per heavy atom. The first-order chi connectivity index (χ1) is 40.9. The van der Waals surface area contributed by atoms with Crippen LogP contribution in [0.4, 0.5) is 0 Å². The van der Waals surface area contributed by atoms with Crippen LogP contribution in [0, 0.1) is 47.3 Å². The van der Waals surface area contributed by atoms with Crippen LogP contribution in [-0.4, -0.2) is 57.1 Å². The summed E-state index contributed by atoms with van der Waals surface area (Å²) < 4.78 is 54.2. The van der Waals surface area contributed by atoms with E-state index in [0.29, 0.717) is 100 Å². The molecule has 0 aromatic rings. The van der Waals surface area contributed by atoms with Crippen LogP contribution in [0.25, 0.3) is 0 Å². The molecule has 0 rings (SSSR count). The average Bonchev–Trinajstić information content (AvgIpc) is 3.63. The molecule has 0 saturated carbocycles. The molecule has 0 radical (unpaired) electrons. The fourth-order valence-electron chi connectivity index (χ4n) is 8.91. The molecule has 8 unspecified atom stereocenters. The largest absolute Gasteiger partial charge is 4.00 e. The molecule has 8 atom stereocenters. The van der Waals surface area contributed by atoms with Crippen molar-refractivity contribution in [3.8, 4) is 0 Å². The van der Waals surface area contributed by atoms with E-state index in [0.717, 1.165) is 51.4 Å². The number of hydrogen-bond acceptors (Lipinski definition) is 18. The molecular formula is C64H136MoO9P4S9. The van der Waals surface area contributed by atoms with E-state index < -0.39 is 22.8 Å². The van der Waals surface area contributed by atoms with Crippen LogP contribution in [0.15, 0.2) is 0 Å². The molecule has 0 saturated heterocycles. The first-order valence-corrected chi connectivity index (χ1v) is 49.4. The predicted octanol–water partition coefficient (Wildman–Crippen LogP) is 24.6. The monoisotopic (exact) mass is 1560 g/mol. The Morgan fingerprint density at radius 3 is 0.402 bits per heavy atom. The zero-order chi connectivity index (χ0) is 66.6. The van der Waals surface area contributed by atoms with Gasteiger partial charge in [-0.05, 0) is 98.7 Å². The maximum absolute atomic E-state index is 7.83. The quantitative estimate of drug-likeness (QED) is 0.0328. The summed E-state index contributed by atoms with van der Waals surface area (Å²) in [7, 11) is 0. The average molecular weight is 1560 g/mol. The molecule has 23 heteroatoms. The van der Waals surface area contributed by atoms with Gasteiger partial charge in [0.25, 0.3) is 0 Å². The summed E-state index contributed by atoms with van der Waals surface area (Å²) in [5, 5.41) is 0. The summed E-state index contributed by atoms with van der Waals surface area (Å²) in [5.74, 6) is 4.56. The Labute approximate surface area is 603 Å². The van der Waals surface area contributed by atoms with Gasteiger partial charge in [-0.15, -0.1) is 0 Å². The van der Waals surface area contributed by atoms with E-state index in [9.17, 15) is 0 Å². The molecule has 87 heavy (non-hydrogen) atoms. The number of hydrogen-bond donors (Lipinski definition) is 0. The van der Waals surface area contributed by atoms with Crippen molar-refractivity contribution in [1.82, 2.24) is 0 Å². The van der Waals surface area contributed by atoms with Crippen molar-refractivity contribution in [2.24, 2.45) is 47.3 Å². The molecule has 0 spiro atoms. The zero-order valence-electron chi connectivity index (χ0n) is 58.4. The minimum absolute atomic E-state index is 0. The summed E-state index contributed by atoms with van der Waals surface area (Å²) in [6, 6.07) is 0. The molecule has 0 amide bonds. The van der Waals surface area contributed by atoms with Gasteiger partial charge in [-0.2, -0.15) is 4.21 Å². The predicted molar refractivity (Wildman–Crippen MR) is 409 cm³/mol. The molecule has 0 bridgehead atoms. The normalized spacial score (nSPS) is 16.8. The molecule has 0 heterocycles. The molecule has 526 valence electrons. The third kappa shape index (κ3) is 70.1. The second kappa shape index (κ2) is 71.7. The van der Waals surface area contributed by atoms with Gasteiger partial charge in [0.15, 0.2) is 12.5 Å². The number of rotatable bonds is 56. The van der Waals surface area contributed by atoms with Gasteiger partial charge in [0.05, 0.1) is 75.6 Å². The summed E-state index contributed by atoms with van der Waals surface area (Å²) >= 11 is 45.9. The van der Waals surface area contributed by atoms with E-state index in [4.69, 9.17) is 137 Å². The third-order valence-electron chi connectivity index (χ3n) is 16.1. The van der Waals surface area contributed by atoms with Crippen LogP contribution in [0.3, 0.4) is 0 Å². The van der Waals surface area contributed by atoms with Gasteiger partial charge in [0, 0.05) is 0 Å². The first-order valence-electron chi connectivity index (χ1n) is 34.5. The van der Waals surface area contributed by atoms with Crippen molar-refractivity contribution in [3.05, 3.63) is 0 Å². The Bertz CT molecular complexity index is 1310. The summed E-state index contributed by atoms with van der Waals surface area (Å²) in [5.41, 5.74) is -9.90. The van der Waals surface area contributed by atoms with Crippen LogP contribution < -0.4 is 0 Å². The van der Waals surface area contributed by atoms with E-state index >= 15 is 0 Å². The van der Waals surface area contributed by atoms with Crippen LogP contribution in [0.5, 0.6) is 0 Å². The summed E-state index contributed by atoms with van der Waals surface area (Å²) in [6.07, 6.45) is 38.4. The van der Waals surface area contributed by atoms with Crippen molar-refractivity contribution in [3.63, 3.8) is 0 Å². The molecule has 9 nitrogen and oxygen atoms in total. The molecule has 0 aromatic carbocycles. The summed E-state index contributed by atoms with van der Waals surface area (Å²) in [6.45, 7) is 40.7. The maximum atomic E-state index is 7.83. The molecule has 0 aliphatic rings. The Morgan fingerprint density at radius 1 is 0.241 bits per heavy atom. The minimum atomic E-state index is -2.47. The maximum Gasteiger partial charge on any atom is 4.00 e. The van der Waals surface area contributed by atoms with E-state index in [1.54, 1.807) is 0 Å². The topological polar surface area (TPSA) is 90.9 Å². The second-order valence-corrected chi connectivity index (χ2v) is 43.4. The molecule has 0 N–H and O–H groups in total. The van der Waals surface area contributed by atoms with Crippen molar-refractivity contribution < 1.29 is 61.5 Å². The van der Waals surface area contributed by atoms with Crippen molar-refractivity contribution >= 4 is 132 Å². The minimum Gasteiger partial charge on any atom is -0.691 e. The standard InChI is InChI=1S/4C16H35O2PS2.Mo.OS/c4*1-5-9-11-15(7-3)13-17-19(20,21)18-14-16(8-4)12-10-6-2;;1-2/h4*15-16H,5-14H2,1-4H3,(H,20,21);;/q;;;;+4;/p-4. The van der Waals surface area contributed by atoms with E-state index in [1.807, 2.05) is 0 Å². The van der Waals surface area contributed by atoms with E-state index in [1.165, 1.54) is 154 Å². The third-order valence-corrected chi connectivity index (χ3v) is 24.9.